The second-order valence-corrected chi connectivity index (χ2v) is 7.61. The van der Waals surface area contributed by atoms with Gasteiger partial charge in [0.25, 0.3) is 0 Å². The molecule has 0 amide bonds. The zero-order chi connectivity index (χ0) is 26.8. The number of carboxylic acids is 2. The minimum atomic E-state index is -5.08. The molecule has 14 heteroatoms. The van der Waals surface area contributed by atoms with Gasteiger partial charge in [-0.2, -0.15) is 26.3 Å². The van der Waals surface area contributed by atoms with Crippen molar-refractivity contribution in [2.75, 3.05) is 13.1 Å². The first-order valence-electron chi connectivity index (χ1n) is 10.1. The molecule has 0 radical (unpaired) electrons. The molecule has 0 bridgehead atoms. The van der Waals surface area contributed by atoms with E-state index in [1.165, 1.54) is 18.4 Å². The molecule has 1 saturated heterocycles. The Morgan fingerprint density at radius 3 is 1.80 bits per heavy atom. The van der Waals surface area contributed by atoms with Gasteiger partial charge in [-0.25, -0.2) is 19.0 Å². The molecule has 0 aliphatic carbocycles. The quantitative estimate of drug-likeness (QED) is 0.591. The van der Waals surface area contributed by atoms with E-state index in [2.05, 4.69) is 14.5 Å². The van der Waals surface area contributed by atoms with Crippen molar-refractivity contribution in [2.45, 2.75) is 38.2 Å². The molecule has 7 nitrogen and oxygen atoms in total. The van der Waals surface area contributed by atoms with Crippen molar-refractivity contribution < 1.29 is 50.5 Å². The summed E-state index contributed by atoms with van der Waals surface area (Å²) in [7, 11) is 2.05. The third-order valence-corrected chi connectivity index (χ3v) is 4.92. The Morgan fingerprint density at radius 1 is 0.971 bits per heavy atom. The SMILES string of the molecule is Cn1ccnc1CN1CCC(Cc2ccc(F)cc2)CC1.O=C(O)C(F)(F)F.O=C(O)C(F)(F)F. The fraction of sp³-hybridized carbons (Fsp3) is 0.476. The van der Waals surface area contributed by atoms with Gasteiger partial charge in [0, 0.05) is 19.4 Å². The maximum atomic E-state index is 12.9. The highest BCUT2D eigenvalue weighted by Gasteiger charge is 2.38. The number of carboxylic acid groups (broad SMARTS) is 2. The largest absolute Gasteiger partial charge is 0.490 e. The van der Waals surface area contributed by atoms with Crippen LogP contribution in [0.3, 0.4) is 0 Å². The highest BCUT2D eigenvalue weighted by Crippen LogP contribution is 2.22. The summed E-state index contributed by atoms with van der Waals surface area (Å²) >= 11 is 0. The molecular formula is C21H24F7N3O4. The molecule has 2 heterocycles. The van der Waals surface area contributed by atoms with E-state index < -0.39 is 24.3 Å². The predicted octanol–water partition coefficient (Wildman–Crippen LogP) is 4.28. The topological polar surface area (TPSA) is 95.7 Å². The molecule has 196 valence electrons. The number of likely N-dealkylation sites (tertiary alicyclic amines) is 1. The van der Waals surface area contributed by atoms with Gasteiger partial charge < -0.3 is 14.8 Å². The first kappa shape index (κ1) is 29.9. The standard InChI is InChI=1S/C17H22FN3.2C2HF3O2/c1-20-11-8-19-17(20)13-21-9-6-15(7-10-21)12-14-2-4-16(18)5-3-14;2*3-2(4,5)1(6)7/h2-5,8,11,15H,6-7,9-10,12-13H2,1H3;2*(H,6,7). The molecule has 1 aliphatic heterocycles. The summed E-state index contributed by atoms with van der Waals surface area (Å²) < 4.78 is 78.5. The molecule has 1 aliphatic rings. The van der Waals surface area contributed by atoms with E-state index in [-0.39, 0.29) is 5.82 Å². The normalized spacial score (nSPS) is 14.9. The molecular weight excluding hydrogens is 491 g/mol. The van der Waals surface area contributed by atoms with Crippen LogP contribution in [0.2, 0.25) is 0 Å². The van der Waals surface area contributed by atoms with Gasteiger partial charge in [-0.15, -0.1) is 0 Å². The maximum Gasteiger partial charge on any atom is 0.490 e. The van der Waals surface area contributed by atoms with E-state index >= 15 is 0 Å². The van der Waals surface area contributed by atoms with Crippen molar-refractivity contribution in [3.8, 4) is 0 Å². The van der Waals surface area contributed by atoms with Gasteiger partial charge >= 0.3 is 24.3 Å². The van der Waals surface area contributed by atoms with Crippen LogP contribution in [0.1, 0.15) is 24.2 Å². The van der Waals surface area contributed by atoms with E-state index in [0.29, 0.717) is 5.92 Å². The summed E-state index contributed by atoms with van der Waals surface area (Å²) in [6, 6.07) is 6.95. The zero-order valence-electron chi connectivity index (χ0n) is 18.5. The Morgan fingerprint density at radius 2 is 1.43 bits per heavy atom. The fourth-order valence-electron chi connectivity index (χ4n) is 3.05. The average molecular weight is 515 g/mol. The Balaban J connectivity index is 0.000000362. The van der Waals surface area contributed by atoms with Crippen molar-refractivity contribution >= 4 is 11.9 Å². The lowest BCUT2D eigenvalue weighted by Gasteiger charge is -2.31. The van der Waals surface area contributed by atoms with E-state index in [0.717, 1.165) is 31.9 Å². The van der Waals surface area contributed by atoms with Gasteiger partial charge in [-0.1, -0.05) is 12.1 Å². The number of carbonyl (C=O) groups is 2. The van der Waals surface area contributed by atoms with Gasteiger partial charge in [0.2, 0.25) is 0 Å². The third-order valence-electron chi connectivity index (χ3n) is 4.92. The summed E-state index contributed by atoms with van der Waals surface area (Å²) in [5.74, 6) is -3.82. The molecule has 0 atom stereocenters. The Hall–Kier alpha value is -3.16. The highest BCUT2D eigenvalue weighted by molar-refractivity contribution is 5.73. The minimum absolute atomic E-state index is 0.149. The number of benzene rings is 1. The third kappa shape index (κ3) is 11.7. The predicted molar refractivity (Wildman–Crippen MR) is 109 cm³/mol. The lowest BCUT2D eigenvalue weighted by molar-refractivity contribution is -0.193. The number of imidazole rings is 1. The molecule has 0 unspecified atom stereocenters. The molecule has 1 fully saturated rings. The van der Waals surface area contributed by atoms with E-state index in [1.807, 2.05) is 31.6 Å². The summed E-state index contributed by atoms with van der Waals surface area (Å²) in [5, 5.41) is 14.2. The molecule has 1 aromatic carbocycles. The van der Waals surface area contributed by atoms with Crippen molar-refractivity contribution in [3.63, 3.8) is 0 Å². The first-order valence-corrected chi connectivity index (χ1v) is 10.1. The van der Waals surface area contributed by atoms with E-state index in [1.54, 1.807) is 12.1 Å². The summed E-state index contributed by atoms with van der Waals surface area (Å²) in [5.41, 5.74) is 1.25. The number of hydrogen-bond donors (Lipinski definition) is 2. The van der Waals surface area contributed by atoms with Crippen LogP contribution in [-0.2, 0) is 29.6 Å². The lowest BCUT2D eigenvalue weighted by atomic mass is 9.90. The fourth-order valence-corrected chi connectivity index (χ4v) is 3.05. The summed E-state index contributed by atoms with van der Waals surface area (Å²) in [4.78, 5) is 24.7. The molecule has 35 heavy (non-hydrogen) atoms. The average Bonchev–Trinajstić information content (AvgIpc) is 3.15. The van der Waals surface area contributed by atoms with Gasteiger partial charge in [0.15, 0.2) is 0 Å². The number of rotatable bonds is 4. The van der Waals surface area contributed by atoms with Crippen LogP contribution in [0.5, 0.6) is 0 Å². The zero-order valence-corrected chi connectivity index (χ0v) is 18.5. The van der Waals surface area contributed by atoms with E-state index in [9.17, 15) is 30.7 Å². The Labute approximate surface area is 195 Å². The Kier molecular flexibility index (Phi) is 11.2. The number of aromatic nitrogens is 2. The maximum absolute atomic E-state index is 12.9. The molecule has 1 aromatic heterocycles. The van der Waals surface area contributed by atoms with Crippen molar-refractivity contribution in [1.29, 1.82) is 0 Å². The van der Waals surface area contributed by atoms with Crippen LogP contribution in [0.4, 0.5) is 30.7 Å². The molecule has 0 spiro atoms. The molecule has 0 saturated carbocycles. The van der Waals surface area contributed by atoms with Crippen molar-refractivity contribution in [1.82, 2.24) is 14.5 Å². The van der Waals surface area contributed by atoms with Crippen LogP contribution < -0.4 is 0 Å². The van der Waals surface area contributed by atoms with E-state index in [4.69, 9.17) is 19.8 Å². The number of aryl methyl sites for hydroxylation is 1. The number of aliphatic carboxylic acids is 2. The summed E-state index contributed by atoms with van der Waals surface area (Å²) in [6.45, 7) is 3.18. The van der Waals surface area contributed by atoms with Crippen LogP contribution in [0, 0.1) is 11.7 Å². The molecule has 3 rings (SSSR count). The first-order chi connectivity index (χ1) is 16.1. The number of nitrogens with zero attached hydrogens (tertiary/aromatic N) is 3. The minimum Gasteiger partial charge on any atom is -0.475 e. The second-order valence-electron chi connectivity index (χ2n) is 7.61. The monoisotopic (exact) mass is 515 g/mol. The number of hydrogen-bond acceptors (Lipinski definition) is 4. The van der Waals surface area contributed by atoms with Crippen LogP contribution >= 0.6 is 0 Å². The highest BCUT2D eigenvalue weighted by atomic mass is 19.4. The second kappa shape index (κ2) is 13.1. The Bertz CT molecular complexity index is 912. The van der Waals surface area contributed by atoms with Crippen LogP contribution in [0.15, 0.2) is 36.7 Å². The van der Waals surface area contributed by atoms with Gasteiger partial charge in [-0.05, 0) is 56.0 Å². The lowest BCUT2D eigenvalue weighted by Crippen LogP contribution is -2.34. The van der Waals surface area contributed by atoms with Crippen molar-refractivity contribution in [3.05, 3.63) is 53.9 Å². The molecule has 2 N–H and O–H groups in total. The van der Waals surface area contributed by atoms with Crippen molar-refractivity contribution in [2.24, 2.45) is 13.0 Å². The van der Waals surface area contributed by atoms with Crippen LogP contribution in [0.25, 0.3) is 0 Å². The number of halogens is 7. The number of piperidine rings is 1. The van der Waals surface area contributed by atoms with Gasteiger partial charge in [-0.3, -0.25) is 4.90 Å². The smallest absolute Gasteiger partial charge is 0.475 e. The molecule has 2 aromatic rings. The van der Waals surface area contributed by atoms with Crippen LogP contribution in [-0.4, -0.2) is 62.0 Å². The summed E-state index contributed by atoms with van der Waals surface area (Å²) in [6.07, 6.45) is -2.83. The van der Waals surface area contributed by atoms with Gasteiger partial charge in [0.05, 0.1) is 6.54 Å². The number of alkyl halides is 6. The van der Waals surface area contributed by atoms with Gasteiger partial charge in [0.1, 0.15) is 11.6 Å².